The zero-order chi connectivity index (χ0) is 9.47. The van der Waals surface area contributed by atoms with E-state index in [0.717, 1.165) is 12.8 Å². The Balaban J connectivity index is 2.19. The Bertz CT molecular complexity index is 226. The molecule has 1 aliphatic carbocycles. The summed E-state index contributed by atoms with van der Waals surface area (Å²) in [6.45, 7) is 2.36. The van der Waals surface area contributed by atoms with E-state index in [1.807, 2.05) is 11.9 Å². The van der Waals surface area contributed by atoms with Crippen LogP contribution in [-0.2, 0) is 4.79 Å². The lowest BCUT2D eigenvalue weighted by Crippen LogP contribution is -2.53. The van der Waals surface area contributed by atoms with Crippen molar-refractivity contribution in [1.29, 1.82) is 0 Å². The molecule has 0 aromatic carbocycles. The van der Waals surface area contributed by atoms with Gasteiger partial charge in [-0.3, -0.25) is 4.79 Å². The Kier molecular flexibility index (Phi) is 2.09. The van der Waals surface area contributed by atoms with E-state index in [0.29, 0.717) is 17.4 Å². The summed E-state index contributed by atoms with van der Waals surface area (Å²) in [5, 5.41) is 0. The third kappa shape index (κ3) is 1.36. The molecule has 0 spiro atoms. The van der Waals surface area contributed by atoms with E-state index >= 15 is 0 Å². The maximum absolute atomic E-state index is 11.5. The number of hydrogen-bond donors (Lipinski definition) is 0. The predicted molar refractivity (Wildman–Crippen MR) is 52.4 cm³/mol. The normalized spacial score (nSPS) is 40.3. The van der Waals surface area contributed by atoms with Gasteiger partial charge in [-0.15, -0.1) is 0 Å². The van der Waals surface area contributed by atoms with Gasteiger partial charge < -0.3 is 4.90 Å². The molecule has 0 radical (unpaired) electrons. The Morgan fingerprint density at radius 1 is 1.38 bits per heavy atom. The second kappa shape index (κ2) is 3.00. The van der Waals surface area contributed by atoms with Crippen molar-refractivity contribution < 1.29 is 4.79 Å². The largest absolute Gasteiger partial charge is 0.342 e. The molecule has 1 heterocycles. The van der Waals surface area contributed by atoms with Gasteiger partial charge in [0.05, 0.1) is 0 Å². The second-order valence-electron chi connectivity index (χ2n) is 4.92. The van der Waals surface area contributed by atoms with E-state index in [9.17, 15) is 4.79 Å². The van der Waals surface area contributed by atoms with Gasteiger partial charge in [0.2, 0.25) is 5.91 Å². The number of carbonyl (C=O) groups excluding carboxylic acids is 1. The molecule has 1 amide bonds. The Labute approximate surface area is 80.3 Å². The van der Waals surface area contributed by atoms with Crippen LogP contribution in [0.1, 0.15) is 45.4 Å². The van der Waals surface area contributed by atoms with Crippen molar-refractivity contribution in [1.82, 2.24) is 4.90 Å². The van der Waals surface area contributed by atoms with Gasteiger partial charge in [0.25, 0.3) is 0 Å². The van der Waals surface area contributed by atoms with Gasteiger partial charge in [-0.2, -0.15) is 0 Å². The van der Waals surface area contributed by atoms with Crippen LogP contribution in [0, 0.1) is 5.41 Å². The van der Waals surface area contributed by atoms with Crippen molar-refractivity contribution in [3.63, 3.8) is 0 Å². The molecule has 1 unspecified atom stereocenters. The Morgan fingerprint density at radius 2 is 2.15 bits per heavy atom. The van der Waals surface area contributed by atoms with Gasteiger partial charge in [0.1, 0.15) is 0 Å². The van der Waals surface area contributed by atoms with Crippen LogP contribution >= 0.6 is 0 Å². The smallest absolute Gasteiger partial charge is 0.222 e. The van der Waals surface area contributed by atoms with Crippen LogP contribution in [0.3, 0.4) is 0 Å². The highest BCUT2D eigenvalue weighted by Gasteiger charge is 2.43. The lowest BCUT2D eigenvalue weighted by Gasteiger charge is -2.49. The first kappa shape index (κ1) is 9.04. The van der Waals surface area contributed by atoms with E-state index in [-0.39, 0.29) is 0 Å². The molecule has 1 aliphatic heterocycles. The second-order valence-corrected chi connectivity index (χ2v) is 4.92. The molecule has 0 aromatic rings. The van der Waals surface area contributed by atoms with E-state index < -0.39 is 0 Å². The molecule has 0 aromatic heterocycles. The van der Waals surface area contributed by atoms with Gasteiger partial charge >= 0.3 is 0 Å². The highest BCUT2D eigenvalue weighted by molar-refractivity contribution is 5.77. The molecule has 0 bridgehead atoms. The number of hydrogen-bond acceptors (Lipinski definition) is 1. The molecule has 13 heavy (non-hydrogen) atoms. The third-order valence-corrected chi connectivity index (χ3v) is 4.05. The number of likely N-dealkylation sites (tertiary alicyclic amines) is 1. The molecule has 2 aliphatic rings. The van der Waals surface area contributed by atoms with Crippen LogP contribution in [0.5, 0.6) is 0 Å². The minimum atomic E-state index is 0.351. The van der Waals surface area contributed by atoms with Crippen molar-refractivity contribution >= 4 is 5.91 Å². The van der Waals surface area contributed by atoms with Gasteiger partial charge in [-0.05, 0) is 24.7 Å². The highest BCUT2D eigenvalue weighted by atomic mass is 16.2. The lowest BCUT2D eigenvalue weighted by molar-refractivity contribution is -0.142. The van der Waals surface area contributed by atoms with Crippen LogP contribution in [-0.4, -0.2) is 23.9 Å². The molecule has 0 N–H and O–H groups in total. The van der Waals surface area contributed by atoms with Gasteiger partial charge in [0, 0.05) is 19.5 Å². The Hall–Kier alpha value is -0.530. The van der Waals surface area contributed by atoms with Gasteiger partial charge in [0.15, 0.2) is 0 Å². The fraction of sp³-hybridized carbons (Fsp3) is 0.909. The minimum absolute atomic E-state index is 0.351. The van der Waals surface area contributed by atoms with E-state index in [1.165, 1.54) is 25.7 Å². The fourth-order valence-electron chi connectivity index (χ4n) is 3.08. The van der Waals surface area contributed by atoms with Crippen LogP contribution in [0.2, 0.25) is 0 Å². The summed E-state index contributed by atoms with van der Waals surface area (Å²) in [5.74, 6) is 0.351. The molecular weight excluding hydrogens is 162 g/mol. The topological polar surface area (TPSA) is 20.3 Å². The molecule has 2 fully saturated rings. The molecule has 74 valence electrons. The fourth-order valence-corrected chi connectivity index (χ4v) is 3.08. The van der Waals surface area contributed by atoms with Crippen LogP contribution in [0.4, 0.5) is 0 Å². The number of carbonyl (C=O) groups is 1. The van der Waals surface area contributed by atoms with Gasteiger partial charge in [-0.25, -0.2) is 0 Å². The van der Waals surface area contributed by atoms with Crippen molar-refractivity contribution in [2.24, 2.45) is 5.41 Å². The lowest BCUT2D eigenvalue weighted by atomic mass is 9.66. The van der Waals surface area contributed by atoms with E-state index in [2.05, 4.69) is 6.92 Å². The standard InChI is InChI=1S/C11H19NO/c1-11-7-4-3-5-9(11)12(2)10(13)6-8-11/h9H,3-8H2,1-2H3/t9?,11-/m0/s1. The van der Waals surface area contributed by atoms with Crippen LogP contribution in [0.25, 0.3) is 0 Å². The first-order valence-electron chi connectivity index (χ1n) is 5.39. The average molecular weight is 181 g/mol. The number of piperidine rings is 1. The molecule has 2 atom stereocenters. The first-order valence-corrected chi connectivity index (χ1v) is 5.39. The summed E-state index contributed by atoms with van der Waals surface area (Å²) < 4.78 is 0. The summed E-state index contributed by atoms with van der Waals surface area (Å²) >= 11 is 0. The number of fused-ring (bicyclic) bond motifs is 1. The molecule has 2 nitrogen and oxygen atoms in total. The highest BCUT2D eigenvalue weighted by Crippen LogP contribution is 2.45. The van der Waals surface area contributed by atoms with Crippen LogP contribution < -0.4 is 0 Å². The molecular formula is C11H19NO. The maximum atomic E-state index is 11.5. The molecule has 1 saturated heterocycles. The zero-order valence-corrected chi connectivity index (χ0v) is 8.68. The SMILES string of the molecule is CN1C(=O)CC[C@]2(C)CCCCC12. The van der Waals surface area contributed by atoms with Gasteiger partial charge in [-0.1, -0.05) is 19.8 Å². The predicted octanol–water partition coefficient (Wildman–Crippen LogP) is 2.19. The van der Waals surface area contributed by atoms with Crippen LogP contribution in [0.15, 0.2) is 0 Å². The van der Waals surface area contributed by atoms with E-state index in [4.69, 9.17) is 0 Å². The van der Waals surface area contributed by atoms with Crippen molar-refractivity contribution in [2.45, 2.75) is 51.5 Å². The number of nitrogens with zero attached hydrogens (tertiary/aromatic N) is 1. The third-order valence-electron chi connectivity index (χ3n) is 4.05. The summed E-state index contributed by atoms with van der Waals surface area (Å²) in [5.41, 5.74) is 0.431. The number of rotatable bonds is 0. The first-order chi connectivity index (χ1) is 6.13. The molecule has 1 saturated carbocycles. The zero-order valence-electron chi connectivity index (χ0n) is 8.68. The van der Waals surface area contributed by atoms with Crippen molar-refractivity contribution in [3.05, 3.63) is 0 Å². The molecule has 2 rings (SSSR count). The monoisotopic (exact) mass is 181 g/mol. The summed E-state index contributed by atoms with van der Waals surface area (Å²) in [4.78, 5) is 13.5. The number of amides is 1. The molecule has 2 heteroatoms. The maximum Gasteiger partial charge on any atom is 0.222 e. The average Bonchev–Trinajstić information content (AvgIpc) is 2.12. The van der Waals surface area contributed by atoms with E-state index in [1.54, 1.807) is 0 Å². The summed E-state index contributed by atoms with van der Waals surface area (Å²) in [6.07, 6.45) is 7.07. The Morgan fingerprint density at radius 3 is 2.92 bits per heavy atom. The quantitative estimate of drug-likeness (QED) is 0.561. The summed E-state index contributed by atoms with van der Waals surface area (Å²) in [7, 11) is 1.98. The van der Waals surface area contributed by atoms with Crippen molar-refractivity contribution in [3.8, 4) is 0 Å². The van der Waals surface area contributed by atoms with Crippen molar-refractivity contribution in [2.75, 3.05) is 7.05 Å². The summed E-state index contributed by atoms with van der Waals surface area (Å²) in [6, 6.07) is 0.530. The minimum Gasteiger partial charge on any atom is -0.342 e.